The van der Waals surface area contributed by atoms with Crippen molar-refractivity contribution in [1.82, 2.24) is 4.68 Å². The van der Waals surface area contributed by atoms with E-state index in [1.54, 1.807) is 0 Å². The van der Waals surface area contributed by atoms with Crippen LogP contribution in [0.25, 0.3) is 0 Å². The Balaban J connectivity index is 2.44. The lowest BCUT2D eigenvalue weighted by atomic mass is 10.1. The SMILES string of the molecule is Cc1ccc(C)n1NCCC(C)C. The second kappa shape index (κ2) is 4.35. The number of aryl methyl sites for hydroxylation is 2. The molecule has 0 fully saturated rings. The predicted molar refractivity (Wildman–Crippen MR) is 57.6 cm³/mol. The average Bonchev–Trinajstić information content (AvgIpc) is 2.34. The molecule has 1 aromatic heterocycles. The predicted octanol–water partition coefficient (Wildman–Crippen LogP) is 2.69. The first-order valence-corrected chi connectivity index (χ1v) is 5.00. The van der Waals surface area contributed by atoms with Crippen LogP contribution in [0.15, 0.2) is 12.1 Å². The van der Waals surface area contributed by atoms with Crippen molar-refractivity contribution in [2.75, 3.05) is 12.0 Å². The van der Waals surface area contributed by atoms with Gasteiger partial charge in [-0.15, -0.1) is 0 Å². The zero-order valence-corrected chi connectivity index (χ0v) is 9.09. The molecule has 0 bridgehead atoms. The van der Waals surface area contributed by atoms with Crippen LogP contribution in [0.2, 0.25) is 0 Å². The molecule has 0 aromatic carbocycles. The molecule has 1 heterocycles. The molecule has 0 aliphatic carbocycles. The monoisotopic (exact) mass is 180 g/mol. The van der Waals surface area contributed by atoms with Gasteiger partial charge in [0, 0.05) is 17.9 Å². The summed E-state index contributed by atoms with van der Waals surface area (Å²) in [4.78, 5) is 0. The smallest absolute Gasteiger partial charge is 0.0366 e. The largest absolute Gasteiger partial charge is 0.326 e. The number of nitrogens with one attached hydrogen (secondary N) is 1. The van der Waals surface area contributed by atoms with E-state index in [2.05, 4.69) is 49.9 Å². The molecule has 1 N–H and O–H groups in total. The third kappa shape index (κ3) is 2.79. The van der Waals surface area contributed by atoms with Gasteiger partial charge in [-0.1, -0.05) is 13.8 Å². The molecule has 1 aromatic rings. The van der Waals surface area contributed by atoms with E-state index in [9.17, 15) is 0 Å². The Hall–Kier alpha value is -0.920. The summed E-state index contributed by atoms with van der Waals surface area (Å²) in [6.07, 6.45) is 1.22. The van der Waals surface area contributed by atoms with Gasteiger partial charge in [0.1, 0.15) is 0 Å². The lowest BCUT2D eigenvalue weighted by Crippen LogP contribution is -2.19. The van der Waals surface area contributed by atoms with Crippen molar-refractivity contribution in [3.05, 3.63) is 23.5 Å². The van der Waals surface area contributed by atoms with E-state index in [0.29, 0.717) is 0 Å². The van der Waals surface area contributed by atoms with Gasteiger partial charge in [0.25, 0.3) is 0 Å². The molecule has 2 heteroatoms. The maximum Gasteiger partial charge on any atom is 0.0366 e. The quantitative estimate of drug-likeness (QED) is 0.754. The molecule has 0 amide bonds. The van der Waals surface area contributed by atoms with Gasteiger partial charge in [-0.05, 0) is 38.3 Å². The summed E-state index contributed by atoms with van der Waals surface area (Å²) < 4.78 is 2.16. The minimum absolute atomic E-state index is 0.767. The van der Waals surface area contributed by atoms with Gasteiger partial charge in [-0.2, -0.15) is 0 Å². The standard InChI is InChI=1S/C11H20N2/c1-9(2)7-8-12-13-10(3)5-6-11(13)4/h5-6,9,12H,7-8H2,1-4H3. The Morgan fingerprint density at radius 2 is 1.77 bits per heavy atom. The first kappa shape index (κ1) is 10.2. The molecule has 0 aliphatic rings. The molecule has 0 atom stereocenters. The average molecular weight is 180 g/mol. The van der Waals surface area contributed by atoms with Gasteiger partial charge in [-0.3, -0.25) is 4.68 Å². The molecule has 74 valence electrons. The Morgan fingerprint density at radius 3 is 2.23 bits per heavy atom. The summed E-state index contributed by atoms with van der Waals surface area (Å²) in [6.45, 7) is 9.78. The number of hydrogen-bond acceptors (Lipinski definition) is 1. The first-order chi connectivity index (χ1) is 6.11. The number of nitrogens with zero attached hydrogens (tertiary/aromatic N) is 1. The van der Waals surface area contributed by atoms with Gasteiger partial charge in [-0.25, -0.2) is 0 Å². The van der Waals surface area contributed by atoms with Crippen molar-refractivity contribution in [2.45, 2.75) is 34.1 Å². The third-order valence-corrected chi connectivity index (χ3v) is 2.26. The summed E-state index contributed by atoms with van der Waals surface area (Å²) >= 11 is 0. The molecule has 0 saturated carbocycles. The van der Waals surface area contributed by atoms with Crippen LogP contribution >= 0.6 is 0 Å². The van der Waals surface area contributed by atoms with Crippen LogP contribution in [0.4, 0.5) is 0 Å². The first-order valence-electron chi connectivity index (χ1n) is 5.00. The van der Waals surface area contributed by atoms with Gasteiger partial charge in [0.15, 0.2) is 0 Å². The van der Waals surface area contributed by atoms with E-state index in [1.807, 2.05) is 0 Å². The zero-order chi connectivity index (χ0) is 9.84. The minimum atomic E-state index is 0.767. The zero-order valence-electron chi connectivity index (χ0n) is 9.09. The highest BCUT2D eigenvalue weighted by Gasteiger charge is 1.99. The molecule has 0 spiro atoms. The summed E-state index contributed by atoms with van der Waals surface area (Å²) in [5, 5.41) is 0. The second-order valence-electron chi connectivity index (χ2n) is 4.04. The normalized spacial score (nSPS) is 10.8. The highest BCUT2D eigenvalue weighted by atomic mass is 15.4. The van der Waals surface area contributed by atoms with Crippen LogP contribution in [0.1, 0.15) is 31.7 Å². The Morgan fingerprint density at radius 1 is 1.23 bits per heavy atom. The summed E-state index contributed by atoms with van der Waals surface area (Å²) in [5.74, 6) is 0.767. The lowest BCUT2D eigenvalue weighted by molar-refractivity contribution is 0.585. The fraction of sp³-hybridized carbons (Fsp3) is 0.636. The van der Waals surface area contributed by atoms with Crippen molar-refractivity contribution in [3.8, 4) is 0 Å². The fourth-order valence-electron chi connectivity index (χ4n) is 1.38. The van der Waals surface area contributed by atoms with E-state index in [-0.39, 0.29) is 0 Å². The minimum Gasteiger partial charge on any atom is -0.326 e. The van der Waals surface area contributed by atoms with Crippen LogP contribution in [-0.4, -0.2) is 11.2 Å². The summed E-state index contributed by atoms with van der Waals surface area (Å²) in [7, 11) is 0. The van der Waals surface area contributed by atoms with Crippen LogP contribution < -0.4 is 5.43 Å². The molecular weight excluding hydrogens is 160 g/mol. The fourth-order valence-corrected chi connectivity index (χ4v) is 1.38. The Kier molecular flexibility index (Phi) is 3.40. The van der Waals surface area contributed by atoms with E-state index in [0.717, 1.165) is 12.5 Å². The molecule has 0 aliphatic heterocycles. The van der Waals surface area contributed by atoms with Crippen LogP contribution in [0.3, 0.4) is 0 Å². The lowest BCUT2D eigenvalue weighted by Gasteiger charge is -2.13. The summed E-state index contributed by atoms with van der Waals surface area (Å²) in [6, 6.07) is 4.27. The van der Waals surface area contributed by atoms with Crippen molar-refractivity contribution in [1.29, 1.82) is 0 Å². The highest BCUT2D eigenvalue weighted by Crippen LogP contribution is 2.05. The molecule has 13 heavy (non-hydrogen) atoms. The molecule has 2 nitrogen and oxygen atoms in total. The van der Waals surface area contributed by atoms with Crippen molar-refractivity contribution < 1.29 is 0 Å². The van der Waals surface area contributed by atoms with Gasteiger partial charge >= 0.3 is 0 Å². The van der Waals surface area contributed by atoms with Crippen LogP contribution in [-0.2, 0) is 0 Å². The molecule has 0 radical (unpaired) electrons. The molecule has 0 saturated heterocycles. The van der Waals surface area contributed by atoms with Crippen molar-refractivity contribution >= 4 is 0 Å². The van der Waals surface area contributed by atoms with E-state index < -0.39 is 0 Å². The Bertz CT molecular complexity index is 242. The van der Waals surface area contributed by atoms with Crippen molar-refractivity contribution in [2.24, 2.45) is 5.92 Å². The van der Waals surface area contributed by atoms with Crippen LogP contribution in [0.5, 0.6) is 0 Å². The maximum absolute atomic E-state index is 3.41. The van der Waals surface area contributed by atoms with Gasteiger partial charge in [0.2, 0.25) is 0 Å². The van der Waals surface area contributed by atoms with Crippen LogP contribution in [0, 0.1) is 19.8 Å². The van der Waals surface area contributed by atoms with Gasteiger partial charge in [0.05, 0.1) is 0 Å². The van der Waals surface area contributed by atoms with E-state index in [4.69, 9.17) is 0 Å². The third-order valence-electron chi connectivity index (χ3n) is 2.26. The molecular formula is C11H20N2. The highest BCUT2D eigenvalue weighted by molar-refractivity contribution is 5.15. The number of hydrogen-bond donors (Lipinski definition) is 1. The topological polar surface area (TPSA) is 17.0 Å². The van der Waals surface area contributed by atoms with Gasteiger partial charge < -0.3 is 5.43 Å². The number of aromatic nitrogens is 1. The summed E-state index contributed by atoms with van der Waals surface area (Å²) in [5.41, 5.74) is 5.97. The molecule has 1 rings (SSSR count). The second-order valence-corrected chi connectivity index (χ2v) is 4.04. The number of rotatable bonds is 4. The van der Waals surface area contributed by atoms with Crippen molar-refractivity contribution in [3.63, 3.8) is 0 Å². The van der Waals surface area contributed by atoms with E-state index >= 15 is 0 Å². The Labute approximate surface area is 80.9 Å². The van der Waals surface area contributed by atoms with E-state index in [1.165, 1.54) is 17.8 Å². The molecule has 0 unspecified atom stereocenters. The maximum atomic E-state index is 3.41.